The zero-order chi connectivity index (χ0) is 14.7. The second kappa shape index (κ2) is 6.07. The van der Waals surface area contributed by atoms with Gasteiger partial charge in [-0.3, -0.25) is 9.59 Å². The van der Waals surface area contributed by atoms with Gasteiger partial charge in [-0.05, 0) is 32.6 Å². The average molecular weight is 279 g/mol. The lowest BCUT2D eigenvalue weighted by Gasteiger charge is -2.32. The van der Waals surface area contributed by atoms with Crippen LogP contribution in [0.4, 0.5) is 5.82 Å². The third kappa shape index (κ3) is 3.18. The summed E-state index contributed by atoms with van der Waals surface area (Å²) in [6.07, 6.45) is 5.16. The van der Waals surface area contributed by atoms with Crippen molar-refractivity contribution in [3.8, 4) is 0 Å². The molecule has 2 heterocycles. The van der Waals surface area contributed by atoms with Crippen molar-refractivity contribution in [2.45, 2.75) is 39.2 Å². The highest BCUT2D eigenvalue weighted by atomic mass is 16.4. The number of piperidine rings is 1. The van der Waals surface area contributed by atoms with E-state index in [0.717, 1.165) is 12.8 Å². The van der Waals surface area contributed by atoms with Gasteiger partial charge in [0.15, 0.2) is 5.82 Å². The van der Waals surface area contributed by atoms with Gasteiger partial charge in [-0.2, -0.15) is 0 Å². The number of hydrogen-bond acceptors (Lipinski definition) is 4. The Morgan fingerprint density at radius 3 is 2.65 bits per heavy atom. The van der Waals surface area contributed by atoms with Crippen LogP contribution in [0.25, 0.3) is 0 Å². The van der Waals surface area contributed by atoms with Crippen LogP contribution in [-0.2, 0) is 4.79 Å². The normalized spacial score (nSPS) is 16.6. The lowest BCUT2D eigenvalue weighted by Crippen LogP contribution is -2.39. The zero-order valence-electron chi connectivity index (χ0n) is 12.0. The maximum Gasteiger partial charge on any atom is 0.303 e. The molecule has 6 nitrogen and oxygen atoms in total. The van der Waals surface area contributed by atoms with E-state index in [1.165, 1.54) is 0 Å². The molecule has 1 N–H and O–H groups in total. The molecular weight excluding hydrogens is 258 g/mol. The maximum absolute atomic E-state index is 12.3. The molecule has 0 bridgehead atoms. The molecule has 0 aliphatic carbocycles. The van der Waals surface area contributed by atoms with Crippen LogP contribution in [0.15, 0.2) is 17.2 Å². The number of carboxylic acid groups (broad SMARTS) is 1. The van der Waals surface area contributed by atoms with Gasteiger partial charge in [-0.1, -0.05) is 0 Å². The van der Waals surface area contributed by atoms with Gasteiger partial charge in [0.25, 0.3) is 5.56 Å². The fourth-order valence-corrected chi connectivity index (χ4v) is 2.63. The van der Waals surface area contributed by atoms with Crippen molar-refractivity contribution in [1.29, 1.82) is 0 Å². The van der Waals surface area contributed by atoms with E-state index in [0.29, 0.717) is 18.9 Å². The molecule has 0 amide bonds. The lowest BCUT2D eigenvalue weighted by atomic mass is 9.94. The number of rotatable bonds is 4. The number of carboxylic acids is 1. The van der Waals surface area contributed by atoms with Crippen LogP contribution in [0.1, 0.15) is 39.2 Å². The Morgan fingerprint density at radius 2 is 2.10 bits per heavy atom. The van der Waals surface area contributed by atoms with E-state index in [1.54, 1.807) is 17.0 Å². The fourth-order valence-electron chi connectivity index (χ4n) is 2.63. The SMILES string of the molecule is CC(C)n1ccnc(N2CCC(CC(=O)O)CC2)c1=O. The number of carbonyl (C=O) groups is 1. The van der Waals surface area contributed by atoms with E-state index >= 15 is 0 Å². The van der Waals surface area contributed by atoms with Gasteiger partial charge in [0, 0.05) is 37.9 Å². The Labute approximate surface area is 118 Å². The smallest absolute Gasteiger partial charge is 0.303 e. The molecule has 20 heavy (non-hydrogen) atoms. The van der Waals surface area contributed by atoms with Crippen molar-refractivity contribution in [3.63, 3.8) is 0 Å². The molecule has 0 saturated carbocycles. The molecule has 110 valence electrons. The van der Waals surface area contributed by atoms with Gasteiger partial charge in [0.2, 0.25) is 0 Å². The Hall–Kier alpha value is -1.85. The van der Waals surface area contributed by atoms with Gasteiger partial charge >= 0.3 is 5.97 Å². The third-order valence-electron chi connectivity index (χ3n) is 3.78. The number of anilines is 1. The van der Waals surface area contributed by atoms with E-state index in [1.807, 2.05) is 18.7 Å². The third-order valence-corrected chi connectivity index (χ3v) is 3.78. The molecule has 0 aromatic carbocycles. The molecule has 6 heteroatoms. The van der Waals surface area contributed by atoms with Crippen LogP contribution < -0.4 is 10.5 Å². The van der Waals surface area contributed by atoms with Crippen molar-refractivity contribution in [3.05, 3.63) is 22.7 Å². The number of aromatic nitrogens is 2. The molecule has 1 aliphatic heterocycles. The first-order valence-corrected chi connectivity index (χ1v) is 7.03. The summed E-state index contributed by atoms with van der Waals surface area (Å²) in [5, 5.41) is 8.81. The standard InChI is InChI=1S/C14H21N3O3/c1-10(2)17-8-5-15-13(14(17)20)16-6-3-11(4-7-16)9-12(18)19/h5,8,10-11H,3-4,6-7,9H2,1-2H3,(H,18,19). The van der Waals surface area contributed by atoms with Crippen LogP contribution >= 0.6 is 0 Å². The summed E-state index contributed by atoms with van der Waals surface area (Å²) < 4.78 is 1.67. The van der Waals surface area contributed by atoms with Crippen LogP contribution in [-0.4, -0.2) is 33.7 Å². The monoisotopic (exact) mass is 279 g/mol. The number of aliphatic carboxylic acids is 1. The molecule has 1 aliphatic rings. The largest absolute Gasteiger partial charge is 0.481 e. The highest BCUT2D eigenvalue weighted by Crippen LogP contribution is 2.22. The summed E-state index contributed by atoms with van der Waals surface area (Å²) in [5.41, 5.74) is -0.0702. The molecule has 0 atom stereocenters. The van der Waals surface area contributed by atoms with Gasteiger partial charge < -0.3 is 14.6 Å². The summed E-state index contributed by atoms with van der Waals surface area (Å²) >= 11 is 0. The van der Waals surface area contributed by atoms with E-state index in [9.17, 15) is 9.59 Å². The second-order valence-electron chi connectivity index (χ2n) is 5.59. The average Bonchev–Trinajstić information content (AvgIpc) is 2.39. The minimum Gasteiger partial charge on any atom is -0.481 e. The molecular formula is C14H21N3O3. The molecule has 1 fully saturated rings. The van der Waals surface area contributed by atoms with E-state index in [4.69, 9.17) is 5.11 Å². The van der Waals surface area contributed by atoms with Gasteiger partial charge in [0.05, 0.1) is 0 Å². The fraction of sp³-hybridized carbons (Fsp3) is 0.643. The summed E-state index contributed by atoms with van der Waals surface area (Å²) in [7, 11) is 0. The Balaban J connectivity index is 2.09. The molecule has 1 saturated heterocycles. The van der Waals surface area contributed by atoms with E-state index < -0.39 is 5.97 Å². The second-order valence-corrected chi connectivity index (χ2v) is 5.59. The van der Waals surface area contributed by atoms with Crippen LogP contribution in [0.2, 0.25) is 0 Å². The minimum atomic E-state index is -0.747. The summed E-state index contributed by atoms with van der Waals surface area (Å²) in [4.78, 5) is 29.2. The van der Waals surface area contributed by atoms with Gasteiger partial charge in [-0.25, -0.2) is 4.98 Å². The summed E-state index contributed by atoms with van der Waals surface area (Å²) in [6, 6.07) is 0.105. The van der Waals surface area contributed by atoms with Crippen molar-refractivity contribution in [2.24, 2.45) is 5.92 Å². The molecule has 0 unspecified atom stereocenters. The van der Waals surface area contributed by atoms with Crippen LogP contribution in [0.5, 0.6) is 0 Å². The molecule has 0 spiro atoms. The minimum absolute atomic E-state index is 0.0702. The predicted octanol–water partition coefficient (Wildman–Crippen LogP) is 1.52. The van der Waals surface area contributed by atoms with E-state index in [2.05, 4.69) is 4.98 Å². The number of hydrogen-bond donors (Lipinski definition) is 1. The van der Waals surface area contributed by atoms with Gasteiger partial charge in [-0.15, -0.1) is 0 Å². The molecule has 2 rings (SSSR count). The quantitative estimate of drug-likeness (QED) is 0.904. The summed E-state index contributed by atoms with van der Waals surface area (Å²) in [5.74, 6) is -0.0572. The number of nitrogens with zero attached hydrogens (tertiary/aromatic N) is 3. The first-order valence-electron chi connectivity index (χ1n) is 7.03. The van der Waals surface area contributed by atoms with Crippen LogP contribution in [0, 0.1) is 5.92 Å². The van der Waals surface area contributed by atoms with Crippen molar-refractivity contribution in [2.75, 3.05) is 18.0 Å². The first kappa shape index (κ1) is 14.6. The van der Waals surface area contributed by atoms with Crippen molar-refractivity contribution in [1.82, 2.24) is 9.55 Å². The highest BCUT2D eigenvalue weighted by Gasteiger charge is 2.24. The molecule has 1 aromatic rings. The Kier molecular flexibility index (Phi) is 4.42. The van der Waals surface area contributed by atoms with Crippen molar-refractivity contribution >= 4 is 11.8 Å². The van der Waals surface area contributed by atoms with Crippen LogP contribution in [0.3, 0.4) is 0 Å². The highest BCUT2D eigenvalue weighted by molar-refractivity contribution is 5.67. The lowest BCUT2D eigenvalue weighted by molar-refractivity contribution is -0.138. The Morgan fingerprint density at radius 1 is 1.45 bits per heavy atom. The first-order chi connectivity index (χ1) is 9.49. The molecule has 0 radical (unpaired) electrons. The molecule has 1 aromatic heterocycles. The zero-order valence-corrected chi connectivity index (χ0v) is 12.0. The Bertz CT molecular complexity index is 531. The maximum atomic E-state index is 12.3. The summed E-state index contributed by atoms with van der Waals surface area (Å²) in [6.45, 7) is 5.32. The van der Waals surface area contributed by atoms with Crippen molar-refractivity contribution < 1.29 is 9.90 Å². The van der Waals surface area contributed by atoms with E-state index in [-0.39, 0.29) is 23.9 Å². The predicted molar refractivity (Wildman–Crippen MR) is 76.1 cm³/mol. The topological polar surface area (TPSA) is 75.4 Å². The van der Waals surface area contributed by atoms with Gasteiger partial charge in [0.1, 0.15) is 0 Å².